The number of rotatable bonds is 6. The average Bonchev–Trinajstić information content (AvgIpc) is 3.39. The van der Waals surface area contributed by atoms with Crippen LogP contribution in [0.4, 0.5) is 14.5 Å². The summed E-state index contributed by atoms with van der Waals surface area (Å²) in [6.07, 6.45) is 1.52. The first kappa shape index (κ1) is 18.3. The van der Waals surface area contributed by atoms with Gasteiger partial charge in [0.05, 0.1) is 11.3 Å². The third-order valence-corrected chi connectivity index (χ3v) is 4.15. The minimum Gasteiger partial charge on any atom is -0.332 e. The highest BCUT2D eigenvalue weighted by molar-refractivity contribution is 5.36. The number of benzene rings is 2. The van der Waals surface area contributed by atoms with Crippen LogP contribution in [-0.2, 0) is 12.3 Å². The normalized spacial score (nSPS) is 11.5. The molecule has 0 saturated carbocycles. The number of aromatic nitrogens is 5. The summed E-state index contributed by atoms with van der Waals surface area (Å²) in [7, 11) is 0. The van der Waals surface area contributed by atoms with E-state index in [1.807, 2.05) is 30.3 Å². The zero-order chi connectivity index (χ0) is 20.4. The van der Waals surface area contributed by atoms with Gasteiger partial charge in [-0.1, -0.05) is 23.4 Å². The summed E-state index contributed by atoms with van der Waals surface area (Å²) in [5, 5.41) is 22.1. The van der Waals surface area contributed by atoms with E-state index in [1.165, 1.54) is 6.33 Å². The standard InChI is InChI=1S/C18H12F2N6O3/c19-18(20,12-6-8-14(9-7-12)26(27)28)17-22-15(24-29-17)10-16-23-21-11-25(16)13-4-2-1-3-5-13/h1-9,11H,10H2. The quantitative estimate of drug-likeness (QED) is 0.362. The number of alkyl halides is 2. The molecule has 0 amide bonds. The van der Waals surface area contributed by atoms with E-state index in [1.54, 1.807) is 4.57 Å². The summed E-state index contributed by atoms with van der Waals surface area (Å²) < 4.78 is 35.8. The highest BCUT2D eigenvalue weighted by atomic mass is 19.3. The Bertz CT molecular complexity index is 1140. The van der Waals surface area contributed by atoms with Gasteiger partial charge in [-0.2, -0.15) is 13.8 Å². The van der Waals surface area contributed by atoms with Gasteiger partial charge >= 0.3 is 11.8 Å². The fourth-order valence-electron chi connectivity index (χ4n) is 2.69. The van der Waals surface area contributed by atoms with Gasteiger partial charge in [0.25, 0.3) is 5.69 Å². The summed E-state index contributed by atoms with van der Waals surface area (Å²) in [6, 6.07) is 13.1. The van der Waals surface area contributed by atoms with Gasteiger partial charge in [-0.25, -0.2) is 0 Å². The highest BCUT2D eigenvalue weighted by Gasteiger charge is 2.41. The maximum Gasteiger partial charge on any atom is 0.350 e. The monoisotopic (exact) mass is 398 g/mol. The molecule has 0 fully saturated rings. The Morgan fingerprint density at radius 1 is 1.10 bits per heavy atom. The van der Waals surface area contributed by atoms with Crippen LogP contribution >= 0.6 is 0 Å². The van der Waals surface area contributed by atoms with E-state index in [-0.39, 0.29) is 17.9 Å². The third kappa shape index (κ3) is 3.57. The Hall–Kier alpha value is -4.02. The van der Waals surface area contributed by atoms with Gasteiger partial charge in [0, 0.05) is 23.4 Å². The van der Waals surface area contributed by atoms with Crippen molar-refractivity contribution in [3.05, 3.63) is 94.1 Å². The van der Waals surface area contributed by atoms with E-state index in [9.17, 15) is 18.9 Å². The van der Waals surface area contributed by atoms with Gasteiger partial charge < -0.3 is 4.52 Å². The Labute approximate surface area is 161 Å². The fraction of sp³-hybridized carbons (Fsp3) is 0.111. The zero-order valence-corrected chi connectivity index (χ0v) is 14.6. The molecular formula is C18H12F2N6O3. The first-order valence-electron chi connectivity index (χ1n) is 8.35. The maximum absolute atomic E-state index is 14.7. The SMILES string of the molecule is O=[N+]([O-])c1ccc(C(F)(F)c2nc(Cc3nncn3-c3ccccc3)no2)cc1. The maximum atomic E-state index is 14.7. The number of nitrogens with zero attached hydrogens (tertiary/aromatic N) is 6. The smallest absolute Gasteiger partial charge is 0.332 e. The molecule has 0 aliphatic rings. The van der Waals surface area contributed by atoms with E-state index < -0.39 is 22.3 Å². The predicted octanol–water partition coefficient (Wildman–Crippen LogP) is 3.29. The largest absolute Gasteiger partial charge is 0.350 e. The van der Waals surface area contributed by atoms with Gasteiger partial charge in [0.2, 0.25) is 0 Å². The number of hydrogen-bond acceptors (Lipinski definition) is 7. The van der Waals surface area contributed by atoms with Gasteiger partial charge in [-0.15, -0.1) is 10.2 Å². The second kappa shape index (κ2) is 7.19. The lowest BCUT2D eigenvalue weighted by Gasteiger charge is -2.11. The summed E-state index contributed by atoms with van der Waals surface area (Å²) in [5.41, 5.74) is 0.00852. The topological polar surface area (TPSA) is 113 Å². The molecule has 4 rings (SSSR count). The number of nitro groups is 1. The number of non-ortho nitro benzene ring substituents is 1. The molecular weight excluding hydrogens is 386 g/mol. The fourth-order valence-corrected chi connectivity index (χ4v) is 2.69. The Morgan fingerprint density at radius 2 is 1.83 bits per heavy atom. The first-order chi connectivity index (χ1) is 13.9. The molecule has 11 heteroatoms. The molecule has 9 nitrogen and oxygen atoms in total. The van der Waals surface area contributed by atoms with Crippen molar-refractivity contribution in [3.63, 3.8) is 0 Å². The van der Waals surface area contributed by atoms with Gasteiger partial charge in [0.15, 0.2) is 5.82 Å². The minimum absolute atomic E-state index is 0.00627. The highest BCUT2D eigenvalue weighted by Crippen LogP contribution is 2.35. The second-order valence-corrected chi connectivity index (χ2v) is 6.02. The molecule has 0 aliphatic carbocycles. The van der Waals surface area contributed by atoms with Crippen LogP contribution in [0, 0.1) is 10.1 Å². The van der Waals surface area contributed by atoms with Crippen LogP contribution < -0.4 is 0 Å². The Balaban J connectivity index is 1.57. The van der Waals surface area contributed by atoms with E-state index in [0.29, 0.717) is 5.82 Å². The average molecular weight is 398 g/mol. The van der Waals surface area contributed by atoms with Crippen molar-refractivity contribution in [3.8, 4) is 5.69 Å². The molecule has 2 aromatic heterocycles. The predicted molar refractivity (Wildman–Crippen MR) is 94.6 cm³/mol. The Morgan fingerprint density at radius 3 is 2.52 bits per heavy atom. The van der Waals surface area contributed by atoms with Crippen molar-refractivity contribution in [2.45, 2.75) is 12.3 Å². The minimum atomic E-state index is -3.60. The van der Waals surface area contributed by atoms with Crippen LogP contribution in [0.1, 0.15) is 23.1 Å². The van der Waals surface area contributed by atoms with Gasteiger partial charge in [-0.3, -0.25) is 14.7 Å². The molecule has 0 atom stereocenters. The van der Waals surface area contributed by atoms with Gasteiger partial charge in [-0.05, 0) is 24.3 Å². The van der Waals surface area contributed by atoms with E-state index >= 15 is 0 Å². The molecule has 2 heterocycles. The molecule has 4 aromatic rings. The lowest BCUT2D eigenvalue weighted by molar-refractivity contribution is -0.384. The van der Waals surface area contributed by atoms with Crippen LogP contribution in [0.3, 0.4) is 0 Å². The van der Waals surface area contributed by atoms with Crippen LogP contribution in [0.5, 0.6) is 0 Å². The molecule has 0 aliphatic heterocycles. The summed E-state index contributed by atoms with van der Waals surface area (Å²) >= 11 is 0. The van der Waals surface area contributed by atoms with Crippen molar-refractivity contribution in [2.24, 2.45) is 0 Å². The van der Waals surface area contributed by atoms with Crippen molar-refractivity contribution in [1.82, 2.24) is 24.9 Å². The number of hydrogen-bond donors (Lipinski definition) is 0. The van der Waals surface area contributed by atoms with Crippen LogP contribution in [-0.4, -0.2) is 29.8 Å². The lowest BCUT2D eigenvalue weighted by atomic mass is 10.1. The van der Waals surface area contributed by atoms with Crippen molar-refractivity contribution in [1.29, 1.82) is 0 Å². The number of nitro benzene ring substituents is 1. The summed E-state index contributed by atoms with van der Waals surface area (Å²) in [4.78, 5) is 13.8. The van der Waals surface area contributed by atoms with Crippen LogP contribution in [0.15, 0.2) is 65.4 Å². The molecule has 0 N–H and O–H groups in total. The van der Waals surface area contributed by atoms with Crippen molar-refractivity contribution >= 4 is 5.69 Å². The molecule has 0 spiro atoms. The van der Waals surface area contributed by atoms with Gasteiger partial charge in [0.1, 0.15) is 12.2 Å². The Kier molecular flexibility index (Phi) is 4.55. The molecule has 146 valence electrons. The van der Waals surface area contributed by atoms with E-state index in [0.717, 1.165) is 30.0 Å². The van der Waals surface area contributed by atoms with Crippen LogP contribution in [0.25, 0.3) is 5.69 Å². The molecule has 0 radical (unpaired) electrons. The van der Waals surface area contributed by atoms with Crippen LogP contribution in [0.2, 0.25) is 0 Å². The number of halogens is 2. The third-order valence-electron chi connectivity index (χ3n) is 4.15. The molecule has 29 heavy (non-hydrogen) atoms. The van der Waals surface area contributed by atoms with E-state index in [2.05, 4.69) is 20.3 Å². The van der Waals surface area contributed by atoms with Crippen molar-refractivity contribution < 1.29 is 18.2 Å². The molecule has 2 aromatic carbocycles. The summed E-state index contributed by atoms with van der Waals surface area (Å²) in [5.74, 6) is -4.06. The molecule has 0 saturated heterocycles. The number of para-hydroxylation sites is 1. The molecule has 0 bridgehead atoms. The first-order valence-corrected chi connectivity index (χ1v) is 8.35. The lowest BCUT2D eigenvalue weighted by Crippen LogP contribution is -2.16. The zero-order valence-electron chi connectivity index (χ0n) is 14.6. The second-order valence-electron chi connectivity index (χ2n) is 6.02. The van der Waals surface area contributed by atoms with Crippen molar-refractivity contribution in [2.75, 3.05) is 0 Å². The molecule has 0 unspecified atom stereocenters. The van der Waals surface area contributed by atoms with E-state index in [4.69, 9.17) is 4.52 Å². The summed E-state index contributed by atoms with van der Waals surface area (Å²) in [6.45, 7) is 0.